The van der Waals surface area contributed by atoms with E-state index in [1.165, 1.54) is 12.1 Å². The van der Waals surface area contributed by atoms with Gasteiger partial charge in [0.15, 0.2) is 0 Å². The quantitative estimate of drug-likeness (QED) is 0.811. The fourth-order valence-electron chi connectivity index (χ4n) is 1.49. The van der Waals surface area contributed by atoms with Crippen molar-refractivity contribution < 1.29 is 4.39 Å². The van der Waals surface area contributed by atoms with Gasteiger partial charge < -0.3 is 5.32 Å². The molecule has 96 valence electrons. The molecular weight excluding hydrogens is 213 g/mol. The van der Waals surface area contributed by atoms with Crippen LogP contribution >= 0.6 is 0 Å². The first-order valence-electron chi connectivity index (χ1n) is 6.32. The second-order valence-electron chi connectivity index (χ2n) is 5.80. The third-order valence-electron chi connectivity index (χ3n) is 3.80. The third kappa shape index (κ3) is 4.12. The fourth-order valence-corrected chi connectivity index (χ4v) is 1.49. The molecule has 17 heavy (non-hydrogen) atoms. The molecule has 0 aliphatic rings. The number of hydrogen-bond acceptors (Lipinski definition) is 1. The van der Waals surface area contributed by atoms with Crippen molar-refractivity contribution in [1.82, 2.24) is 5.32 Å². The minimum atomic E-state index is -0.177. The molecule has 1 unspecified atom stereocenters. The first-order valence-corrected chi connectivity index (χ1v) is 6.32. The van der Waals surface area contributed by atoms with Gasteiger partial charge in [-0.2, -0.15) is 0 Å². The zero-order chi connectivity index (χ0) is 13.1. The lowest BCUT2D eigenvalue weighted by Gasteiger charge is -2.31. The molecule has 0 heterocycles. The number of halogens is 1. The summed E-state index contributed by atoms with van der Waals surface area (Å²) in [7, 11) is 0. The van der Waals surface area contributed by atoms with Crippen molar-refractivity contribution in [3.05, 3.63) is 35.6 Å². The summed E-state index contributed by atoms with van der Waals surface area (Å²) in [4.78, 5) is 0. The van der Waals surface area contributed by atoms with E-state index in [9.17, 15) is 4.39 Å². The Morgan fingerprint density at radius 1 is 1.12 bits per heavy atom. The SMILES string of the molecule is CC(NCC(C)(C)C(C)C)c1ccc(F)cc1. The van der Waals surface area contributed by atoms with Crippen LogP contribution in [-0.4, -0.2) is 6.54 Å². The standard InChI is InChI=1S/C15H24FN/c1-11(2)15(4,5)10-17-12(3)13-6-8-14(16)9-7-13/h6-9,11-12,17H,10H2,1-5H3. The molecule has 1 aromatic rings. The summed E-state index contributed by atoms with van der Waals surface area (Å²) in [6.07, 6.45) is 0. The van der Waals surface area contributed by atoms with E-state index in [1.807, 2.05) is 12.1 Å². The Balaban J connectivity index is 2.55. The lowest BCUT2D eigenvalue weighted by atomic mass is 9.81. The van der Waals surface area contributed by atoms with Gasteiger partial charge in [-0.25, -0.2) is 4.39 Å². The van der Waals surface area contributed by atoms with Crippen LogP contribution in [0.15, 0.2) is 24.3 Å². The average Bonchev–Trinajstić information content (AvgIpc) is 2.27. The van der Waals surface area contributed by atoms with Crippen LogP contribution in [0.2, 0.25) is 0 Å². The van der Waals surface area contributed by atoms with E-state index in [4.69, 9.17) is 0 Å². The first kappa shape index (κ1) is 14.2. The molecule has 0 aliphatic carbocycles. The van der Waals surface area contributed by atoms with Gasteiger partial charge in [0, 0.05) is 12.6 Å². The molecule has 2 heteroatoms. The van der Waals surface area contributed by atoms with Crippen LogP contribution in [0.3, 0.4) is 0 Å². The second kappa shape index (κ2) is 5.63. The maximum absolute atomic E-state index is 12.8. The molecule has 0 saturated carbocycles. The van der Waals surface area contributed by atoms with Crippen LogP contribution in [-0.2, 0) is 0 Å². The van der Waals surface area contributed by atoms with Gasteiger partial charge >= 0.3 is 0 Å². The highest BCUT2D eigenvalue weighted by Gasteiger charge is 2.22. The summed E-state index contributed by atoms with van der Waals surface area (Å²) in [6.45, 7) is 12.1. The van der Waals surface area contributed by atoms with E-state index < -0.39 is 0 Å². The summed E-state index contributed by atoms with van der Waals surface area (Å²) in [5, 5.41) is 3.52. The number of hydrogen-bond donors (Lipinski definition) is 1. The Labute approximate surface area is 104 Å². The summed E-state index contributed by atoms with van der Waals surface area (Å²) in [6, 6.07) is 6.97. The van der Waals surface area contributed by atoms with E-state index in [2.05, 4.69) is 39.9 Å². The molecular formula is C15H24FN. The van der Waals surface area contributed by atoms with Gasteiger partial charge in [-0.15, -0.1) is 0 Å². The summed E-state index contributed by atoms with van der Waals surface area (Å²) in [5.41, 5.74) is 1.40. The van der Waals surface area contributed by atoms with Gasteiger partial charge in [-0.1, -0.05) is 39.8 Å². The van der Waals surface area contributed by atoms with Gasteiger partial charge in [-0.05, 0) is 36.0 Å². The summed E-state index contributed by atoms with van der Waals surface area (Å²) >= 11 is 0. The van der Waals surface area contributed by atoms with Gasteiger partial charge in [-0.3, -0.25) is 0 Å². The maximum Gasteiger partial charge on any atom is 0.123 e. The van der Waals surface area contributed by atoms with E-state index in [0.29, 0.717) is 5.92 Å². The molecule has 0 aromatic heterocycles. The zero-order valence-electron chi connectivity index (χ0n) is 11.5. The third-order valence-corrected chi connectivity index (χ3v) is 3.80. The number of rotatable bonds is 5. The Hall–Kier alpha value is -0.890. The lowest BCUT2D eigenvalue weighted by Crippen LogP contribution is -2.34. The van der Waals surface area contributed by atoms with Crippen molar-refractivity contribution in [3.8, 4) is 0 Å². The molecule has 0 amide bonds. The summed E-state index contributed by atoms with van der Waals surface area (Å²) < 4.78 is 12.8. The number of benzene rings is 1. The largest absolute Gasteiger partial charge is 0.310 e. The average molecular weight is 237 g/mol. The molecule has 1 N–H and O–H groups in total. The molecule has 1 atom stereocenters. The Kier molecular flexibility index (Phi) is 4.70. The molecule has 0 radical (unpaired) electrons. The predicted octanol–water partition coefficient (Wildman–Crippen LogP) is 4.16. The van der Waals surface area contributed by atoms with Gasteiger partial charge in [0.1, 0.15) is 5.82 Å². The van der Waals surface area contributed by atoms with Crippen molar-refractivity contribution in [2.24, 2.45) is 11.3 Å². The highest BCUT2D eigenvalue weighted by Crippen LogP contribution is 2.26. The monoisotopic (exact) mass is 237 g/mol. The highest BCUT2D eigenvalue weighted by molar-refractivity contribution is 5.19. The normalized spacial score (nSPS) is 14.1. The van der Waals surface area contributed by atoms with Crippen LogP contribution in [0.25, 0.3) is 0 Å². The smallest absolute Gasteiger partial charge is 0.123 e. The Morgan fingerprint density at radius 3 is 2.12 bits per heavy atom. The van der Waals surface area contributed by atoms with Crippen molar-refractivity contribution in [2.75, 3.05) is 6.54 Å². The zero-order valence-corrected chi connectivity index (χ0v) is 11.5. The first-order chi connectivity index (χ1) is 7.83. The Morgan fingerprint density at radius 2 is 1.65 bits per heavy atom. The van der Waals surface area contributed by atoms with Crippen molar-refractivity contribution >= 4 is 0 Å². The molecule has 1 nitrogen and oxygen atoms in total. The topological polar surface area (TPSA) is 12.0 Å². The highest BCUT2D eigenvalue weighted by atomic mass is 19.1. The molecule has 0 aliphatic heterocycles. The molecule has 0 bridgehead atoms. The Bertz CT molecular complexity index is 340. The predicted molar refractivity (Wildman–Crippen MR) is 71.4 cm³/mol. The molecule has 1 rings (SSSR count). The van der Waals surface area contributed by atoms with Crippen LogP contribution in [0, 0.1) is 17.2 Å². The van der Waals surface area contributed by atoms with Gasteiger partial charge in [0.2, 0.25) is 0 Å². The molecule has 0 fully saturated rings. The van der Waals surface area contributed by atoms with Crippen LogP contribution in [0.5, 0.6) is 0 Å². The minimum Gasteiger partial charge on any atom is -0.310 e. The van der Waals surface area contributed by atoms with Gasteiger partial charge in [0.05, 0.1) is 0 Å². The van der Waals surface area contributed by atoms with E-state index in [1.54, 1.807) is 0 Å². The van der Waals surface area contributed by atoms with Gasteiger partial charge in [0.25, 0.3) is 0 Å². The van der Waals surface area contributed by atoms with Crippen molar-refractivity contribution in [2.45, 2.75) is 40.7 Å². The fraction of sp³-hybridized carbons (Fsp3) is 0.600. The van der Waals surface area contributed by atoms with Crippen molar-refractivity contribution in [1.29, 1.82) is 0 Å². The molecule has 0 saturated heterocycles. The van der Waals surface area contributed by atoms with Crippen LogP contribution < -0.4 is 5.32 Å². The summed E-state index contributed by atoms with van der Waals surface area (Å²) in [5.74, 6) is 0.457. The minimum absolute atomic E-state index is 0.177. The van der Waals surface area contributed by atoms with Crippen LogP contribution in [0.4, 0.5) is 4.39 Å². The van der Waals surface area contributed by atoms with E-state index in [-0.39, 0.29) is 17.3 Å². The lowest BCUT2D eigenvalue weighted by molar-refractivity contribution is 0.230. The maximum atomic E-state index is 12.8. The number of nitrogens with one attached hydrogen (secondary N) is 1. The van der Waals surface area contributed by atoms with E-state index >= 15 is 0 Å². The van der Waals surface area contributed by atoms with Crippen molar-refractivity contribution in [3.63, 3.8) is 0 Å². The van der Waals surface area contributed by atoms with E-state index in [0.717, 1.165) is 12.1 Å². The second-order valence-corrected chi connectivity index (χ2v) is 5.80. The van der Waals surface area contributed by atoms with Crippen LogP contribution in [0.1, 0.15) is 46.2 Å². The molecule has 0 spiro atoms. The molecule has 1 aromatic carbocycles.